The Balaban J connectivity index is 1.55. The van der Waals surface area contributed by atoms with Crippen molar-refractivity contribution in [1.82, 2.24) is 5.32 Å². The Labute approximate surface area is 145 Å². The van der Waals surface area contributed by atoms with Crippen molar-refractivity contribution in [2.24, 2.45) is 0 Å². The molecule has 0 bridgehead atoms. The second-order valence-electron chi connectivity index (χ2n) is 5.88. The highest BCUT2D eigenvalue weighted by Crippen LogP contribution is 2.43. The number of rotatable bonds is 5. The summed E-state index contributed by atoms with van der Waals surface area (Å²) in [7, 11) is 0. The van der Waals surface area contributed by atoms with Crippen molar-refractivity contribution < 1.29 is 14.3 Å². The van der Waals surface area contributed by atoms with E-state index in [2.05, 4.69) is 5.32 Å². The predicted molar refractivity (Wildman–Crippen MR) is 94.8 cm³/mol. The summed E-state index contributed by atoms with van der Waals surface area (Å²) in [5.41, 5.74) is 1.72. The molecule has 1 saturated heterocycles. The molecular weight excluding hydrogens is 330 g/mol. The Kier molecular flexibility index (Phi) is 5.54. The zero-order chi connectivity index (χ0) is 16.2. The molecule has 23 heavy (non-hydrogen) atoms. The minimum absolute atomic E-state index is 0.215. The third-order valence-corrected chi connectivity index (χ3v) is 6.84. The molecule has 6 heteroatoms. The van der Waals surface area contributed by atoms with Gasteiger partial charge >= 0.3 is 5.97 Å². The van der Waals surface area contributed by atoms with Crippen LogP contribution in [0.1, 0.15) is 46.7 Å². The lowest BCUT2D eigenvalue weighted by Gasteiger charge is -2.21. The van der Waals surface area contributed by atoms with Crippen molar-refractivity contribution in [3.05, 3.63) is 35.4 Å². The van der Waals surface area contributed by atoms with Crippen LogP contribution in [0.25, 0.3) is 0 Å². The van der Waals surface area contributed by atoms with Crippen molar-refractivity contribution >= 4 is 35.4 Å². The van der Waals surface area contributed by atoms with Gasteiger partial charge in [0.2, 0.25) is 0 Å². The quantitative estimate of drug-likeness (QED) is 0.824. The third-order valence-electron chi connectivity index (χ3n) is 3.82. The molecule has 124 valence electrons. The van der Waals surface area contributed by atoms with E-state index in [0.717, 1.165) is 12.8 Å². The summed E-state index contributed by atoms with van der Waals surface area (Å²) in [5, 5.41) is 2.84. The van der Waals surface area contributed by atoms with Crippen LogP contribution in [-0.4, -0.2) is 35.5 Å². The number of esters is 1. The lowest BCUT2D eigenvalue weighted by Crippen LogP contribution is -2.37. The molecule has 1 saturated carbocycles. The van der Waals surface area contributed by atoms with Gasteiger partial charge in [0.15, 0.2) is 6.10 Å². The van der Waals surface area contributed by atoms with Crippen molar-refractivity contribution in [3.8, 4) is 0 Å². The Morgan fingerprint density at radius 3 is 2.43 bits per heavy atom. The van der Waals surface area contributed by atoms with Crippen molar-refractivity contribution in [1.29, 1.82) is 0 Å². The third kappa shape index (κ3) is 4.67. The Bertz CT molecular complexity index is 566. The van der Waals surface area contributed by atoms with Gasteiger partial charge in [-0.25, -0.2) is 4.79 Å². The lowest BCUT2D eigenvalue weighted by molar-refractivity contribution is -0.129. The molecule has 0 spiro atoms. The van der Waals surface area contributed by atoms with E-state index in [1.807, 2.05) is 35.7 Å². The molecule has 4 nitrogen and oxygen atoms in total. The lowest BCUT2D eigenvalue weighted by atomic mass is 10.1. The average molecular weight is 351 g/mol. The molecule has 1 aromatic rings. The van der Waals surface area contributed by atoms with Crippen molar-refractivity contribution in [3.63, 3.8) is 0 Å². The fourth-order valence-corrected chi connectivity index (χ4v) is 5.18. The molecule has 0 unspecified atom stereocenters. The molecule has 1 aliphatic heterocycles. The van der Waals surface area contributed by atoms with Crippen LogP contribution in [-0.2, 0) is 9.53 Å². The smallest absolute Gasteiger partial charge is 0.338 e. The van der Waals surface area contributed by atoms with E-state index in [-0.39, 0.29) is 11.9 Å². The Morgan fingerprint density at radius 1 is 1.17 bits per heavy atom. The number of carbonyl (C=O) groups excluding carboxylic acids is 2. The van der Waals surface area contributed by atoms with Gasteiger partial charge in [-0.3, -0.25) is 4.79 Å². The monoisotopic (exact) mass is 351 g/mol. The first-order chi connectivity index (χ1) is 11.1. The Hall–Kier alpha value is -1.14. The first-order valence-corrected chi connectivity index (χ1v) is 10.1. The van der Waals surface area contributed by atoms with E-state index in [9.17, 15) is 9.59 Å². The van der Waals surface area contributed by atoms with Crippen LogP contribution >= 0.6 is 23.5 Å². The SMILES string of the molecule is C[C@@H](OC(=O)c1ccc(C2SCCCS2)cc1)C(=O)NC1CC1. The Morgan fingerprint density at radius 2 is 1.83 bits per heavy atom. The number of benzene rings is 1. The number of ether oxygens (including phenoxy) is 1. The first-order valence-electron chi connectivity index (χ1n) is 7.98. The van der Waals surface area contributed by atoms with E-state index < -0.39 is 12.1 Å². The van der Waals surface area contributed by atoms with Gasteiger partial charge in [-0.2, -0.15) is 0 Å². The summed E-state index contributed by atoms with van der Waals surface area (Å²) in [4.78, 5) is 24.0. The molecule has 1 atom stereocenters. The number of thioether (sulfide) groups is 2. The fourth-order valence-electron chi connectivity index (χ4n) is 2.28. The first kappa shape index (κ1) is 16.7. The minimum atomic E-state index is -0.757. The van der Waals surface area contributed by atoms with E-state index in [4.69, 9.17) is 4.74 Å². The van der Waals surface area contributed by atoms with Gasteiger partial charge in [0, 0.05) is 6.04 Å². The minimum Gasteiger partial charge on any atom is -0.449 e. The largest absolute Gasteiger partial charge is 0.449 e. The standard InChI is InChI=1S/C17H21NO3S2/c1-11(15(19)18-14-7-8-14)21-16(20)12-3-5-13(6-4-12)17-22-9-2-10-23-17/h3-6,11,14,17H,2,7-10H2,1H3,(H,18,19)/t11-/m1/s1. The number of amides is 1. The summed E-state index contributed by atoms with van der Waals surface area (Å²) in [5.74, 6) is 1.72. The maximum atomic E-state index is 12.1. The molecule has 0 radical (unpaired) electrons. The molecule has 3 rings (SSSR count). The van der Waals surface area contributed by atoms with E-state index in [1.54, 1.807) is 19.1 Å². The summed E-state index contributed by atoms with van der Waals surface area (Å²) in [6.07, 6.45) is 2.54. The van der Waals surface area contributed by atoms with Crippen LogP contribution in [0.4, 0.5) is 0 Å². The van der Waals surface area contributed by atoms with Crippen molar-refractivity contribution in [2.75, 3.05) is 11.5 Å². The maximum Gasteiger partial charge on any atom is 0.338 e. The number of hydrogen-bond acceptors (Lipinski definition) is 5. The molecule has 2 aliphatic rings. The van der Waals surface area contributed by atoms with Gasteiger partial charge in [-0.15, -0.1) is 23.5 Å². The molecular formula is C17H21NO3S2. The molecule has 1 aromatic carbocycles. The molecule has 1 amide bonds. The number of hydrogen-bond donors (Lipinski definition) is 1. The van der Waals surface area contributed by atoms with Crippen LogP contribution < -0.4 is 5.32 Å². The summed E-state index contributed by atoms with van der Waals surface area (Å²) >= 11 is 3.90. The zero-order valence-corrected chi connectivity index (χ0v) is 14.8. The normalized spacial score (nSPS) is 19.9. The number of nitrogens with one attached hydrogen (secondary N) is 1. The van der Waals surface area contributed by atoms with E-state index in [1.165, 1.54) is 23.5 Å². The van der Waals surface area contributed by atoms with Gasteiger partial charge in [-0.1, -0.05) is 12.1 Å². The zero-order valence-electron chi connectivity index (χ0n) is 13.1. The summed E-state index contributed by atoms with van der Waals surface area (Å²) in [6.45, 7) is 1.61. The van der Waals surface area contributed by atoms with Crippen LogP contribution in [0.2, 0.25) is 0 Å². The van der Waals surface area contributed by atoms with Gasteiger partial charge in [0.1, 0.15) is 0 Å². The molecule has 1 heterocycles. The van der Waals surface area contributed by atoms with E-state index >= 15 is 0 Å². The highest BCUT2D eigenvalue weighted by atomic mass is 32.2. The van der Waals surface area contributed by atoms with Gasteiger partial charge in [0.05, 0.1) is 10.1 Å². The maximum absolute atomic E-state index is 12.1. The molecule has 1 aliphatic carbocycles. The van der Waals surface area contributed by atoms with Crippen molar-refractivity contribution in [2.45, 2.75) is 42.9 Å². The van der Waals surface area contributed by atoms with Crippen LogP contribution in [0.15, 0.2) is 24.3 Å². The van der Waals surface area contributed by atoms with Gasteiger partial charge in [0.25, 0.3) is 5.91 Å². The average Bonchev–Trinajstić information content (AvgIpc) is 3.39. The van der Waals surface area contributed by atoms with E-state index in [0.29, 0.717) is 10.1 Å². The second-order valence-corrected chi connectivity index (χ2v) is 8.60. The van der Waals surface area contributed by atoms with Crippen LogP contribution in [0.5, 0.6) is 0 Å². The number of carbonyl (C=O) groups is 2. The second kappa shape index (κ2) is 7.62. The molecule has 0 aromatic heterocycles. The summed E-state index contributed by atoms with van der Waals surface area (Å²) < 4.78 is 5.71. The van der Waals surface area contributed by atoms with Gasteiger partial charge < -0.3 is 10.1 Å². The fraction of sp³-hybridized carbons (Fsp3) is 0.529. The highest BCUT2D eigenvalue weighted by Gasteiger charge is 2.27. The molecule has 1 N–H and O–H groups in total. The topological polar surface area (TPSA) is 55.4 Å². The molecule has 2 fully saturated rings. The predicted octanol–water partition coefficient (Wildman–Crippen LogP) is 3.38. The van der Waals surface area contributed by atoms with Gasteiger partial charge in [-0.05, 0) is 55.4 Å². The van der Waals surface area contributed by atoms with Crippen LogP contribution in [0.3, 0.4) is 0 Å². The summed E-state index contributed by atoms with van der Waals surface area (Å²) in [6, 6.07) is 7.83. The highest BCUT2D eigenvalue weighted by molar-refractivity contribution is 8.16. The van der Waals surface area contributed by atoms with Crippen LogP contribution in [0, 0.1) is 0 Å².